The predicted octanol–water partition coefficient (Wildman–Crippen LogP) is 5.32. The number of rotatable bonds is 9. The van der Waals surface area contributed by atoms with Crippen molar-refractivity contribution in [2.24, 2.45) is 0 Å². The maximum atomic E-state index is 13.1. The molecular formula is C24H30Cl2N2O3. The minimum Gasteiger partial charge on any atom is -0.484 e. The number of aryl methyl sites for hydroxylation is 2. The van der Waals surface area contributed by atoms with Gasteiger partial charge in [0, 0.05) is 28.2 Å². The number of ether oxygens (including phenoxy) is 1. The Kier molecular flexibility index (Phi) is 9.20. The van der Waals surface area contributed by atoms with E-state index in [2.05, 4.69) is 5.32 Å². The second-order valence-electron chi connectivity index (χ2n) is 7.75. The van der Waals surface area contributed by atoms with E-state index in [1.807, 2.05) is 45.9 Å². The van der Waals surface area contributed by atoms with E-state index < -0.39 is 6.04 Å². The van der Waals surface area contributed by atoms with Crippen LogP contribution in [0, 0.1) is 13.8 Å². The van der Waals surface area contributed by atoms with E-state index >= 15 is 0 Å². The van der Waals surface area contributed by atoms with Gasteiger partial charge in [-0.3, -0.25) is 9.59 Å². The first-order chi connectivity index (χ1) is 14.6. The Hall–Kier alpha value is -2.24. The molecule has 0 aliphatic rings. The van der Waals surface area contributed by atoms with E-state index in [9.17, 15) is 9.59 Å². The molecule has 0 unspecified atom stereocenters. The standard InChI is InChI=1S/C24H30Cl2N2O3/c1-6-17(4)27-24(30)18(5)28(13-20-21(25)8-7-9-22(20)26)23(29)14-31-19-11-10-15(2)16(3)12-19/h7-12,17-18H,6,13-14H2,1-5H3,(H,27,30)/t17-,18-/m0/s1. The van der Waals surface area contributed by atoms with Gasteiger partial charge >= 0.3 is 0 Å². The molecule has 2 aromatic carbocycles. The van der Waals surface area contributed by atoms with E-state index in [0.717, 1.165) is 17.5 Å². The monoisotopic (exact) mass is 464 g/mol. The quantitative estimate of drug-likeness (QED) is 0.545. The number of hydrogen-bond donors (Lipinski definition) is 1. The van der Waals surface area contributed by atoms with Gasteiger partial charge in [-0.2, -0.15) is 0 Å². The highest BCUT2D eigenvalue weighted by Crippen LogP contribution is 2.27. The maximum absolute atomic E-state index is 13.1. The van der Waals surface area contributed by atoms with Gasteiger partial charge in [0.15, 0.2) is 6.61 Å². The molecule has 0 spiro atoms. The van der Waals surface area contributed by atoms with Crippen LogP contribution >= 0.6 is 23.2 Å². The summed E-state index contributed by atoms with van der Waals surface area (Å²) in [6, 6.07) is 10.1. The first-order valence-corrected chi connectivity index (χ1v) is 11.1. The molecule has 0 aliphatic heterocycles. The lowest BCUT2D eigenvalue weighted by molar-refractivity contribution is -0.142. The van der Waals surface area contributed by atoms with Crippen LogP contribution in [0.4, 0.5) is 0 Å². The molecule has 2 atom stereocenters. The Morgan fingerprint density at radius 3 is 2.29 bits per heavy atom. The highest BCUT2D eigenvalue weighted by Gasteiger charge is 2.28. The zero-order chi connectivity index (χ0) is 23.1. The van der Waals surface area contributed by atoms with Crippen molar-refractivity contribution in [1.29, 1.82) is 0 Å². The minimum absolute atomic E-state index is 0.00240. The van der Waals surface area contributed by atoms with Crippen LogP contribution in [0.1, 0.15) is 43.9 Å². The molecule has 7 heteroatoms. The minimum atomic E-state index is -0.725. The largest absolute Gasteiger partial charge is 0.484 e. The number of nitrogens with zero attached hydrogens (tertiary/aromatic N) is 1. The summed E-state index contributed by atoms with van der Waals surface area (Å²) in [4.78, 5) is 27.3. The molecule has 0 fully saturated rings. The molecule has 0 heterocycles. The van der Waals surface area contributed by atoms with Gasteiger partial charge in [-0.05, 0) is 69.5 Å². The molecule has 2 rings (SSSR count). The summed E-state index contributed by atoms with van der Waals surface area (Å²) in [6.07, 6.45) is 0.790. The Balaban J connectivity index is 2.23. The van der Waals surface area contributed by atoms with Crippen molar-refractivity contribution in [2.45, 2.75) is 59.7 Å². The Morgan fingerprint density at radius 2 is 1.71 bits per heavy atom. The summed E-state index contributed by atoms with van der Waals surface area (Å²) in [5.41, 5.74) is 2.81. The number of amides is 2. The highest BCUT2D eigenvalue weighted by molar-refractivity contribution is 6.36. The van der Waals surface area contributed by atoms with Crippen molar-refractivity contribution >= 4 is 35.0 Å². The SMILES string of the molecule is CC[C@H](C)NC(=O)[C@H](C)N(Cc1c(Cl)cccc1Cl)C(=O)COc1ccc(C)c(C)c1. The number of carbonyl (C=O) groups is 2. The van der Waals surface area contributed by atoms with E-state index in [4.69, 9.17) is 27.9 Å². The third-order valence-electron chi connectivity index (χ3n) is 5.40. The van der Waals surface area contributed by atoms with E-state index in [1.54, 1.807) is 25.1 Å². The van der Waals surface area contributed by atoms with Gasteiger partial charge in [0.05, 0.1) is 0 Å². The Labute approximate surface area is 194 Å². The molecule has 0 bridgehead atoms. The third-order valence-corrected chi connectivity index (χ3v) is 6.11. The van der Waals surface area contributed by atoms with Gasteiger partial charge in [-0.1, -0.05) is 42.3 Å². The normalized spacial score (nSPS) is 12.7. The predicted molar refractivity (Wildman–Crippen MR) is 126 cm³/mol. The van der Waals surface area contributed by atoms with Crippen molar-refractivity contribution in [3.63, 3.8) is 0 Å². The molecule has 2 aromatic rings. The van der Waals surface area contributed by atoms with Crippen LogP contribution in [0.15, 0.2) is 36.4 Å². The van der Waals surface area contributed by atoms with Gasteiger partial charge in [0.25, 0.3) is 5.91 Å². The molecule has 0 saturated heterocycles. The van der Waals surface area contributed by atoms with Crippen molar-refractivity contribution in [3.05, 3.63) is 63.1 Å². The summed E-state index contributed by atoms with van der Waals surface area (Å²) >= 11 is 12.6. The number of carbonyl (C=O) groups excluding carboxylic acids is 2. The number of nitrogens with one attached hydrogen (secondary N) is 1. The molecule has 31 heavy (non-hydrogen) atoms. The smallest absolute Gasteiger partial charge is 0.261 e. The first kappa shape index (κ1) is 25.0. The molecular weight excluding hydrogens is 435 g/mol. The van der Waals surface area contributed by atoms with Crippen molar-refractivity contribution < 1.29 is 14.3 Å². The van der Waals surface area contributed by atoms with E-state index in [-0.39, 0.29) is 31.0 Å². The topological polar surface area (TPSA) is 58.6 Å². The first-order valence-electron chi connectivity index (χ1n) is 10.4. The second kappa shape index (κ2) is 11.4. The van der Waals surface area contributed by atoms with Gasteiger partial charge in [0.2, 0.25) is 5.91 Å². The van der Waals surface area contributed by atoms with Gasteiger partial charge in [-0.15, -0.1) is 0 Å². The third kappa shape index (κ3) is 6.88. The molecule has 168 valence electrons. The summed E-state index contributed by atoms with van der Waals surface area (Å²) in [6.45, 7) is 9.49. The van der Waals surface area contributed by atoms with Crippen molar-refractivity contribution in [2.75, 3.05) is 6.61 Å². The van der Waals surface area contributed by atoms with Gasteiger partial charge < -0.3 is 15.0 Å². The number of hydrogen-bond acceptors (Lipinski definition) is 3. The van der Waals surface area contributed by atoms with E-state index in [1.165, 1.54) is 4.90 Å². The average molecular weight is 465 g/mol. The fraction of sp³-hybridized carbons (Fsp3) is 0.417. The molecule has 1 N–H and O–H groups in total. The van der Waals surface area contributed by atoms with Crippen molar-refractivity contribution in [3.8, 4) is 5.75 Å². The maximum Gasteiger partial charge on any atom is 0.261 e. The number of benzene rings is 2. The molecule has 2 amide bonds. The van der Waals surface area contributed by atoms with Gasteiger partial charge in [0.1, 0.15) is 11.8 Å². The Morgan fingerprint density at radius 1 is 1.06 bits per heavy atom. The zero-order valence-electron chi connectivity index (χ0n) is 18.7. The lowest BCUT2D eigenvalue weighted by Gasteiger charge is -2.30. The van der Waals surface area contributed by atoms with Crippen LogP contribution in [0.3, 0.4) is 0 Å². The van der Waals surface area contributed by atoms with Crippen LogP contribution in [0.5, 0.6) is 5.75 Å². The van der Waals surface area contributed by atoms with Crippen LogP contribution in [0.2, 0.25) is 10.0 Å². The van der Waals surface area contributed by atoms with Crippen LogP contribution < -0.4 is 10.1 Å². The molecule has 0 aliphatic carbocycles. The zero-order valence-corrected chi connectivity index (χ0v) is 20.2. The lowest BCUT2D eigenvalue weighted by atomic mass is 10.1. The fourth-order valence-electron chi connectivity index (χ4n) is 2.93. The second-order valence-corrected chi connectivity index (χ2v) is 8.56. The summed E-state index contributed by atoms with van der Waals surface area (Å²) in [5.74, 6) is 0.0296. The fourth-order valence-corrected chi connectivity index (χ4v) is 3.45. The highest BCUT2D eigenvalue weighted by atomic mass is 35.5. The summed E-state index contributed by atoms with van der Waals surface area (Å²) in [7, 11) is 0. The molecule has 0 aromatic heterocycles. The van der Waals surface area contributed by atoms with Crippen molar-refractivity contribution in [1.82, 2.24) is 10.2 Å². The Bertz CT molecular complexity index is 913. The van der Waals surface area contributed by atoms with E-state index in [0.29, 0.717) is 21.4 Å². The van der Waals surface area contributed by atoms with Crippen LogP contribution in [0.25, 0.3) is 0 Å². The molecule has 0 saturated carbocycles. The van der Waals surface area contributed by atoms with Gasteiger partial charge in [-0.25, -0.2) is 0 Å². The van der Waals surface area contributed by atoms with Crippen LogP contribution in [-0.4, -0.2) is 35.4 Å². The molecule has 5 nitrogen and oxygen atoms in total. The summed E-state index contributed by atoms with van der Waals surface area (Å²) < 4.78 is 5.73. The molecule has 0 radical (unpaired) electrons. The lowest BCUT2D eigenvalue weighted by Crippen LogP contribution is -2.50. The number of halogens is 2. The average Bonchev–Trinajstić information content (AvgIpc) is 2.73. The van der Waals surface area contributed by atoms with Crippen LogP contribution in [-0.2, 0) is 16.1 Å². The summed E-state index contributed by atoms with van der Waals surface area (Å²) in [5, 5.41) is 3.81.